The summed E-state index contributed by atoms with van der Waals surface area (Å²) < 4.78 is 33.6. The van der Waals surface area contributed by atoms with Crippen LogP contribution in [0.3, 0.4) is 0 Å². The molecule has 34 heavy (non-hydrogen) atoms. The number of aromatic nitrogens is 2. The number of halogens is 1. The molecule has 1 saturated heterocycles. The van der Waals surface area contributed by atoms with Crippen molar-refractivity contribution in [3.63, 3.8) is 0 Å². The monoisotopic (exact) mass is 458 g/mol. The van der Waals surface area contributed by atoms with Gasteiger partial charge in [-0.05, 0) is 23.3 Å². The van der Waals surface area contributed by atoms with Crippen LogP contribution in [0.2, 0.25) is 0 Å². The van der Waals surface area contributed by atoms with Crippen molar-refractivity contribution in [1.82, 2.24) is 9.55 Å². The van der Waals surface area contributed by atoms with Gasteiger partial charge in [-0.1, -0.05) is 66.7 Å². The molecule has 2 heterocycles. The minimum atomic E-state index is -1.08. The summed E-state index contributed by atoms with van der Waals surface area (Å²) in [6, 6.07) is 23.8. The molecule has 5 rings (SSSR count). The summed E-state index contributed by atoms with van der Waals surface area (Å²) >= 11 is 0. The zero-order valence-corrected chi connectivity index (χ0v) is 18.3. The van der Waals surface area contributed by atoms with Crippen LogP contribution in [0.5, 0.6) is 0 Å². The van der Waals surface area contributed by atoms with E-state index in [1.54, 1.807) is 18.6 Å². The number of hydrogen-bond donors (Lipinski definition) is 0. The second-order valence-electron chi connectivity index (χ2n) is 8.06. The Labute approximate surface area is 196 Å². The first kappa shape index (κ1) is 22.0. The fraction of sp³-hybridized carbons (Fsp3) is 0.185. The van der Waals surface area contributed by atoms with Gasteiger partial charge in [0.2, 0.25) is 5.79 Å². The van der Waals surface area contributed by atoms with Gasteiger partial charge in [0.25, 0.3) is 0 Å². The molecule has 2 atom stereocenters. The van der Waals surface area contributed by atoms with E-state index in [4.69, 9.17) is 14.2 Å². The molecule has 0 radical (unpaired) electrons. The van der Waals surface area contributed by atoms with Crippen LogP contribution < -0.4 is 0 Å². The second kappa shape index (κ2) is 9.59. The maximum Gasteiger partial charge on any atom is 0.341 e. The van der Waals surface area contributed by atoms with Crippen LogP contribution in [0, 0.1) is 5.82 Å². The van der Waals surface area contributed by atoms with Crippen LogP contribution in [0.4, 0.5) is 4.39 Å². The van der Waals surface area contributed by atoms with Gasteiger partial charge in [-0.3, -0.25) is 0 Å². The van der Waals surface area contributed by atoms with E-state index in [1.807, 2.05) is 53.2 Å². The quantitative estimate of drug-likeness (QED) is 0.372. The summed E-state index contributed by atoms with van der Waals surface area (Å²) in [5.74, 6) is -2.43. The van der Waals surface area contributed by atoms with Crippen molar-refractivity contribution in [3.05, 3.63) is 115 Å². The highest BCUT2D eigenvalue weighted by Crippen LogP contribution is 2.37. The summed E-state index contributed by atoms with van der Waals surface area (Å²) in [6.45, 7) is 0.538. The molecule has 0 amide bonds. The van der Waals surface area contributed by atoms with Gasteiger partial charge in [0, 0.05) is 18.0 Å². The van der Waals surface area contributed by atoms with Crippen molar-refractivity contribution in [3.8, 4) is 11.1 Å². The Morgan fingerprint density at radius 2 is 1.76 bits per heavy atom. The number of ether oxygens (including phenoxy) is 3. The normalized spacial score (nSPS) is 19.7. The highest BCUT2D eigenvalue weighted by atomic mass is 19.1. The average Bonchev–Trinajstić information content (AvgIpc) is 3.54. The first-order valence-corrected chi connectivity index (χ1v) is 11.0. The van der Waals surface area contributed by atoms with Crippen molar-refractivity contribution in [1.29, 1.82) is 0 Å². The number of hydrogen-bond acceptors (Lipinski definition) is 5. The standard InChI is InChI=1S/C27H23FN2O4/c28-25-9-5-4-8-24(25)26(31)32-16-23-17-33-27(34-23,18-30-15-14-29-19-30)22-12-10-21(11-13-22)20-6-2-1-3-7-20/h1-15,19,23H,16-18H2/t23-,27-/m0/s1. The molecule has 3 aromatic carbocycles. The first-order chi connectivity index (χ1) is 16.6. The zero-order valence-electron chi connectivity index (χ0n) is 18.3. The molecule has 7 heteroatoms. The molecule has 0 bridgehead atoms. The lowest BCUT2D eigenvalue weighted by Gasteiger charge is -2.29. The molecular formula is C27H23FN2O4. The van der Waals surface area contributed by atoms with Crippen LogP contribution in [0.1, 0.15) is 15.9 Å². The van der Waals surface area contributed by atoms with Gasteiger partial charge in [-0.2, -0.15) is 0 Å². The average molecular weight is 458 g/mol. The van der Waals surface area contributed by atoms with Crippen LogP contribution in [0.15, 0.2) is 97.6 Å². The Hall–Kier alpha value is -3.81. The van der Waals surface area contributed by atoms with Crippen LogP contribution in [0.25, 0.3) is 11.1 Å². The van der Waals surface area contributed by atoms with E-state index in [0.717, 1.165) is 16.7 Å². The van der Waals surface area contributed by atoms with Crippen molar-refractivity contribution in [2.45, 2.75) is 18.4 Å². The Morgan fingerprint density at radius 1 is 1.03 bits per heavy atom. The SMILES string of the molecule is O=C(OC[C@H]1CO[C@](Cn2ccnc2)(c2ccc(-c3ccccc3)cc2)O1)c1ccccc1F. The predicted octanol–water partition coefficient (Wildman–Crippen LogP) is 4.81. The van der Waals surface area contributed by atoms with Crippen molar-refractivity contribution in [2.75, 3.05) is 13.2 Å². The number of nitrogens with zero attached hydrogens (tertiary/aromatic N) is 2. The molecule has 6 nitrogen and oxygen atoms in total. The summed E-state index contributed by atoms with van der Waals surface area (Å²) in [5, 5.41) is 0. The maximum atomic E-state index is 13.9. The summed E-state index contributed by atoms with van der Waals surface area (Å²) in [6.07, 6.45) is 4.71. The summed E-state index contributed by atoms with van der Waals surface area (Å²) in [5.41, 5.74) is 2.92. The number of carbonyl (C=O) groups is 1. The van der Waals surface area contributed by atoms with Crippen LogP contribution >= 0.6 is 0 Å². The first-order valence-electron chi connectivity index (χ1n) is 11.0. The Kier molecular flexibility index (Phi) is 6.20. The molecule has 1 fully saturated rings. The summed E-state index contributed by atoms with van der Waals surface area (Å²) in [7, 11) is 0. The van der Waals surface area contributed by atoms with E-state index in [2.05, 4.69) is 17.1 Å². The van der Waals surface area contributed by atoms with Gasteiger partial charge in [0.15, 0.2) is 0 Å². The highest BCUT2D eigenvalue weighted by molar-refractivity contribution is 5.89. The molecule has 1 aliphatic rings. The number of imidazole rings is 1. The minimum Gasteiger partial charge on any atom is -0.459 e. The number of esters is 1. The largest absolute Gasteiger partial charge is 0.459 e. The van der Waals surface area contributed by atoms with E-state index < -0.39 is 23.7 Å². The maximum absolute atomic E-state index is 13.9. The molecule has 1 aromatic heterocycles. The Balaban J connectivity index is 1.33. The molecule has 0 unspecified atom stereocenters. The minimum absolute atomic E-state index is 0.0546. The Morgan fingerprint density at radius 3 is 2.50 bits per heavy atom. The molecule has 0 N–H and O–H groups in total. The van der Waals surface area contributed by atoms with Gasteiger partial charge >= 0.3 is 5.97 Å². The van der Waals surface area contributed by atoms with Gasteiger partial charge in [-0.15, -0.1) is 0 Å². The molecular weight excluding hydrogens is 435 g/mol. The fourth-order valence-electron chi connectivity index (χ4n) is 4.01. The lowest BCUT2D eigenvalue weighted by molar-refractivity contribution is -0.190. The molecule has 1 aliphatic heterocycles. The van der Waals surface area contributed by atoms with Gasteiger partial charge in [-0.25, -0.2) is 14.2 Å². The van der Waals surface area contributed by atoms with E-state index >= 15 is 0 Å². The molecule has 0 spiro atoms. The smallest absolute Gasteiger partial charge is 0.341 e. The second-order valence-corrected chi connectivity index (χ2v) is 8.06. The van der Waals surface area contributed by atoms with E-state index in [0.29, 0.717) is 6.54 Å². The van der Waals surface area contributed by atoms with Gasteiger partial charge in [0.1, 0.15) is 18.5 Å². The van der Waals surface area contributed by atoms with E-state index in [9.17, 15) is 9.18 Å². The predicted molar refractivity (Wildman–Crippen MR) is 123 cm³/mol. The summed E-state index contributed by atoms with van der Waals surface area (Å²) in [4.78, 5) is 16.4. The highest BCUT2D eigenvalue weighted by Gasteiger charge is 2.44. The third-order valence-corrected chi connectivity index (χ3v) is 5.74. The molecule has 0 saturated carbocycles. The fourth-order valence-corrected chi connectivity index (χ4v) is 4.01. The topological polar surface area (TPSA) is 62.6 Å². The van der Waals surface area contributed by atoms with Crippen molar-refractivity contribution >= 4 is 5.97 Å². The molecule has 4 aromatic rings. The third-order valence-electron chi connectivity index (χ3n) is 5.74. The van der Waals surface area contributed by atoms with Crippen molar-refractivity contribution < 1.29 is 23.4 Å². The number of carbonyl (C=O) groups excluding carboxylic acids is 1. The van der Waals surface area contributed by atoms with Gasteiger partial charge in [0.05, 0.1) is 25.0 Å². The number of rotatable bonds is 7. The number of benzene rings is 3. The van der Waals surface area contributed by atoms with Gasteiger partial charge < -0.3 is 18.8 Å². The lowest BCUT2D eigenvalue weighted by atomic mass is 10.00. The third kappa shape index (κ3) is 4.62. The van der Waals surface area contributed by atoms with E-state index in [-0.39, 0.29) is 18.8 Å². The van der Waals surface area contributed by atoms with Crippen LogP contribution in [-0.2, 0) is 26.5 Å². The van der Waals surface area contributed by atoms with E-state index in [1.165, 1.54) is 18.2 Å². The molecule has 172 valence electrons. The molecule has 0 aliphatic carbocycles. The van der Waals surface area contributed by atoms with Crippen LogP contribution in [-0.4, -0.2) is 34.8 Å². The van der Waals surface area contributed by atoms with Crippen molar-refractivity contribution in [2.24, 2.45) is 0 Å². The zero-order chi connectivity index (χ0) is 23.4. The Bertz CT molecular complexity index is 1250. The lowest BCUT2D eigenvalue weighted by Crippen LogP contribution is -2.34.